The number of hydrogen-bond acceptors (Lipinski definition) is 2. The second-order valence-electron chi connectivity index (χ2n) is 5.04. The van der Waals surface area contributed by atoms with Crippen LogP contribution in [0.4, 0.5) is 0 Å². The molecule has 1 rings (SSSR count). The lowest BCUT2D eigenvalue weighted by Gasteiger charge is -2.32. The van der Waals surface area contributed by atoms with Gasteiger partial charge in [-0.05, 0) is 25.8 Å². The molecule has 0 bridgehead atoms. The van der Waals surface area contributed by atoms with Crippen LogP contribution in [0.2, 0.25) is 0 Å². The lowest BCUT2D eigenvalue weighted by Crippen LogP contribution is -2.44. The number of nitrogens with zero attached hydrogens (tertiary/aromatic N) is 1. The van der Waals surface area contributed by atoms with Crippen LogP contribution in [0.15, 0.2) is 0 Å². The van der Waals surface area contributed by atoms with E-state index in [-0.39, 0.29) is 12.4 Å². The van der Waals surface area contributed by atoms with Crippen molar-refractivity contribution in [2.75, 3.05) is 20.1 Å². The molecule has 0 aromatic rings. The van der Waals surface area contributed by atoms with Gasteiger partial charge in [0.2, 0.25) is 5.91 Å². The predicted octanol–water partition coefficient (Wildman–Crippen LogP) is 2.44. The fraction of sp³-hybridized carbons (Fsp3) is 0.923. The zero-order chi connectivity index (χ0) is 12.0. The van der Waals surface area contributed by atoms with Gasteiger partial charge in [0.1, 0.15) is 0 Å². The Morgan fingerprint density at radius 3 is 2.47 bits per heavy atom. The zero-order valence-corrected chi connectivity index (χ0v) is 12.2. The maximum Gasteiger partial charge on any atom is 0.222 e. The van der Waals surface area contributed by atoms with Crippen molar-refractivity contribution < 1.29 is 4.79 Å². The zero-order valence-electron chi connectivity index (χ0n) is 11.4. The Labute approximate surface area is 112 Å². The Kier molecular flexibility index (Phi) is 8.61. The second-order valence-corrected chi connectivity index (χ2v) is 5.04. The van der Waals surface area contributed by atoms with Crippen molar-refractivity contribution >= 4 is 18.3 Å². The molecule has 1 N–H and O–H groups in total. The van der Waals surface area contributed by atoms with Crippen molar-refractivity contribution in [3.05, 3.63) is 0 Å². The van der Waals surface area contributed by atoms with E-state index in [9.17, 15) is 4.79 Å². The van der Waals surface area contributed by atoms with Gasteiger partial charge in [-0.25, -0.2) is 0 Å². The fourth-order valence-electron chi connectivity index (χ4n) is 2.44. The summed E-state index contributed by atoms with van der Waals surface area (Å²) in [5.74, 6) is 0.898. The van der Waals surface area contributed by atoms with E-state index in [0.29, 0.717) is 17.9 Å². The smallest absolute Gasteiger partial charge is 0.222 e. The Hall–Kier alpha value is -0.280. The monoisotopic (exact) mass is 262 g/mol. The summed E-state index contributed by atoms with van der Waals surface area (Å²) in [6.07, 6.45) is 5.28. The number of carbonyl (C=O) groups excluding carboxylic acids is 1. The Morgan fingerprint density at radius 2 is 2.00 bits per heavy atom. The minimum absolute atomic E-state index is 0. The summed E-state index contributed by atoms with van der Waals surface area (Å²) in [4.78, 5) is 14.0. The van der Waals surface area contributed by atoms with Gasteiger partial charge in [-0.2, -0.15) is 0 Å². The number of hydrogen-bond donors (Lipinski definition) is 1. The largest absolute Gasteiger partial charge is 0.343 e. The third kappa shape index (κ3) is 5.73. The maximum absolute atomic E-state index is 12.0. The van der Waals surface area contributed by atoms with Gasteiger partial charge in [0.05, 0.1) is 0 Å². The number of amides is 1. The summed E-state index contributed by atoms with van der Waals surface area (Å²) < 4.78 is 0. The minimum Gasteiger partial charge on any atom is -0.343 e. The van der Waals surface area contributed by atoms with Crippen molar-refractivity contribution in [1.29, 1.82) is 0 Å². The van der Waals surface area contributed by atoms with Crippen LogP contribution in [0.1, 0.15) is 46.0 Å². The van der Waals surface area contributed by atoms with Crippen LogP contribution >= 0.6 is 12.4 Å². The highest BCUT2D eigenvalue weighted by Gasteiger charge is 2.22. The first kappa shape index (κ1) is 16.7. The molecule has 1 amide bonds. The first-order valence-electron chi connectivity index (χ1n) is 6.62. The lowest BCUT2D eigenvalue weighted by molar-refractivity contribution is -0.133. The van der Waals surface area contributed by atoms with Gasteiger partial charge in [0, 0.05) is 25.6 Å². The molecule has 1 heterocycles. The number of piperidine rings is 1. The Bertz CT molecular complexity index is 215. The molecule has 0 radical (unpaired) electrons. The Morgan fingerprint density at radius 1 is 1.41 bits per heavy atom. The summed E-state index contributed by atoms with van der Waals surface area (Å²) in [5.41, 5.74) is 0. The van der Waals surface area contributed by atoms with Crippen molar-refractivity contribution in [2.24, 2.45) is 5.92 Å². The van der Waals surface area contributed by atoms with E-state index in [1.54, 1.807) is 0 Å². The number of carbonyl (C=O) groups is 1. The van der Waals surface area contributed by atoms with E-state index in [4.69, 9.17) is 0 Å². The number of halogens is 1. The van der Waals surface area contributed by atoms with Crippen molar-refractivity contribution in [2.45, 2.75) is 52.0 Å². The lowest BCUT2D eigenvalue weighted by atomic mass is 9.99. The van der Waals surface area contributed by atoms with E-state index in [2.05, 4.69) is 19.2 Å². The molecule has 0 saturated carbocycles. The second kappa shape index (κ2) is 8.76. The summed E-state index contributed by atoms with van der Waals surface area (Å²) >= 11 is 0. The van der Waals surface area contributed by atoms with E-state index < -0.39 is 0 Å². The van der Waals surface area contributed by atoms with Crippen molar-refractivity contribution in [1.82, 2.24) is 10.2 Å². The molecule has 0 aromatic carbocycles. The van der Waals surface area contributed by atoms with Crippen LogP contribution in [0.3, 0.4) is 0 Å². The van der Waals surface area contributed by atoms with Crippen LogP contribution in [0, 0.1) is 5.92 Å². The summed E-state index contributed by atoms with van der Waals surface area (Å²) in [6, 6.07) is 0.608. The number of likely N-dealkylation sites (tertiary alicyclic amines) is 1. The van der Waals surface area contributed by atoms with Gasteiger partial charge >= 0.3 is 0 Å². The minimum atomic E-state index is 0. The third-order valence-corrected chi connectivity index (χ3v) is 3.56. The van der Waals surface area contributed by atoms with Gasteiger partial charge in [-0.3, -0.25) is 4.79 Å². The molecule has 3 nitrogen and oxygen atoms in total. The molecule has 1 aliphatic rings. The van der Waals surface area contributed by atoms with Gasteiger partial charge in [-0.1, -0.05) is 26.7 Å². The molecule has 1 fully saturated rings. The van der Waals surface area contributed by atoms with Crippen LogP contribution in [0.5, 0.6) is 0 Å². The van der Waals surface area contributed by atoms with E-state index in [1.807, 2.05) is 11.9 Å². The summed E-state index contributed by atoms with van der Waals surface area (Å²) in [5, 5.41) is 3.29. The maximum atomic E-state index is 12.0. The average molecular weight is 263 g/mol. The summed E-state index contributed by atoms with van der Waals surface area (Å²) in [6.45, 7) is 6.23. The highest BCUT2D eigenvalue weighted by Crippen LogP contribution is 2.15. The molecule has 0 aromatic heterocycles. The quantitative estimate of drug-likeness (QED) is 0.826. The normalized spacial score (nSPS) is 18.6. The van der Waals surface area contributed by atoms with Crippen molar-refractivity contribution in [3.63, 3.8) is 0 Å². The molecule has 1 atom stereocenters. The fourth-order valence-corrected chi connectivity index (χ4v) is 2.44. The molecular weight excluding hydrogens is 236 g/mol. The highest BCUT2D eigenvalue weighted by atomic mass is 35.5. The van der Waals surface area contributed by atoms with Crippen LogP contribution in [-0.4, -0.2) is 37.0 Å². The van der Waals surface area contributed by atoms with Crippen LogP contribution in [0.25, 0.3) is 0 Å². The van der Waals surface area contributed by atoms with E-state index in [1.165, 1.54) is 12.8 Å². The average Bonchev–Trinajstić information content (AvgIpc) is 2.29. The van der Waals surface area contributed by atoms with Gasteiger partial charge < -0.3 is 10.2 Å². The standard InChI is InChI=1S/C13H26N2O.ClH/c1-4-5-11(2)10-13(16)15-8-6-12(14-3)7-9-15;/h11-12,14H,4-10H2,1-3H3;1H. The molecule has 102 valence electrons. The first-order valence-corrected chi connectivity index (χ1v) is 6.62. The van der Waals surface area contributed by atoms with Gasteiger partial charge in [0.25, 0.3) is 0 Å². The first-order chi connectivity index (χ1) is 7.67. The Balaban J connectivity index is 0.00000256. The molecular formula is C13H27ClN2O. The van der Waals surface area contributed by atoms with Crippen molar-refractivity contribution in [3.8, 4) is 0 Å². The highest BCUT2D eigenvalue weighted by molar-refractivity contribution is 5.85. The molecule has 1 unspecified atom stereocenters. The SMILES string of the molecule is CCCC(C)CC(=O)N1CCC(NC)CC1.Cl. The third-order valence-electron chi connectivity index (χ3n) is 3.56. The summed E-state index contributed by atoms with van der Waals surface area (Å²) in [7, 11) is 2.01. The molecule has 1 aliphatic heterocycles. The molecule has 4 heteroatoms. The topological polar surface area (TPSA) is 32.3 Å². The van der Waals surface area contributed by atoms with Gasteiger partial charge in [-0.15, -0.1) is 12.4 Å². The van der Waals surface area contributed by atoms with Gasteiger partial charge in [0.15, 0.2) is 0 Å². The number of rotatable bonds is 5. The van der Waals surface area contributed by atoms with Crippen LogP contribution < -0.4 is 5.32 Å². The van der Waals surface area contributed by atoms with Crippen LogP contribution in [-0.2, 0) is 4.79 Å². The number of nitrogens with one attached hydrogen (secondary N) is 1. The molecule has 0 spiro atoms. The van der Waals surface area contributed by atoms with E-state index >= 15 is 0 Å². The molecule has 17 heavy (non-hydrogen) atoms. The predicted molar refractivity (Wildman–Crippen MR) is 74.6 cm³/mol. The molecule has 0 aliphatic carbocycles. The van der Waals surface area contributed by atoms with E-state index in [0.717, 1.165) is 32.4 Å². The molecule has 1 saturated heterocycles.